The third-order valence-corrected chi connectivity index (χ3v) is 8.22. The molecule has 0 bridgehead atoms. The Hall–Kier alpha value is -3.60. The highest BCUT2D eigenvalue weighted by atomic mass is 32.2. The Morgan fingerprint density at radius 2 is 1.60 bits per heavy atom. The molecular weight excluding hydrogens is 532 g/mol. The van der Waals surface area contributed by atoms with Gasteiger partial charge in [0.1, 0.15) is 5.75 Å². The summed E-state index contributed by atoms with van der Waals surface area (Å²) in [5, 5.41) is 24.3. The number of nitrogens with zero attached hydrogens (tertiary/aromatic N) is 1. The van der Waals surface area contributed by atoms with Crippen LogP contribution in [0.5, 0.6) is 17.2 Å². The number of amides is 1. The van der Waals surface area contributed by atoms with Gasteiger partial charge in [-0.05, 0) is 59.9 Å². The van der Waals surface area contributed by atoms with Crippen LogP contribution < -0.4 is 14.8 Å². The molecule has 216 valence electrons. The van der Waals surface area contributed by atoms with Crippen LogP contribution in [-0.2, 0) is 27.7 Å². The number of phenolic OH excluding ortho intramolecular Hbond substituents is 1. The maximum absolute atomic E-state index is 13.6. The van der Waals surface area contributed by atoms with E-state index in [1.807, 2.05) is 44.2 Å². The SMILES string of the molecule is COc1ccc(S(=O)(=O)N(CC(C)C)C[C@@H](O)[C@H](Cc2ccccc2)NC(=O)Cc2ccc(OC)c(O)c2)cc1. The fourth-order valence-electron chi connectivity index (χ4n) is 4.35. The number of aromatic hydroxyl groups is 1. The molecule has 2 atom stereocenters. The molecule has 0 fully saturated rings. The highest BCUT2D eigenvalue weighted by Crippen LogP contribution is 2.26. The first-order valence-electron chi connectivity index (χ1n) is 13.0. The van der Waals surface area contributed by atoms with Gasteiger partial charge in [0.15, 0.2) is 11.5 Å². The molecule has 9 nitrogen and oxygen atoms in total. The van der Waals surface area contributed by atoms with Gasteiger partial charge in [0.2, 0.25) is 15.9 Å². The van der Waals surface area contributed by atoms with Gasteiger partial charge in [0, 0.05) is 13.1 Å². The summed E-state index contributed by atoms with van der Waals surface area (Å²) in [5.74, 6) is 0.361. The second-order valence-corrected chi connectivity index (χ2v) is 11.9. The van der Waals surface area contributed by atoms with Crippen LogP contribution in [0.3, 0.4) is 0 Å². The lowest BCUT2D eigenvalue weighted by Crippen LogP contribution is -2.51. The number of nitrogens with one attached hydrogen (secondary N) is 1. The minimum atomic E-state index is -3.95. The van der Waals surface area contributed by atoms with Crippen molar-refractivity contribution in [1.29, 1.82) is 0 Å². The number of aliphatic hydroxyl groups is 1. The van der Waals surface area contributed by atoms with Crippen molar-refractivity contribution in [1.82, 2.24) is 9.62 Å². The van der Waals surface area contributed by atoms with Crippen LogP contribution in [0.15, 0.2) is 77.7 Å². The summed E-state index contributed by atoms with van der Waals surface area (Å²) in [6.45, 7) is 3.77. The number of hydrogen-bond acceptors (Lipinski definition) is 7. The quantitative estimate of drug-likeness (QED) is 0.271. The zero-order valence-corrected chi connectivity index (χ0v) is 24.1. The molecule has 3 N–H and O–H groups in total. The van der Waals surface area contributed by atoms with E-state index < -0.39 is 22.2 Å². The molecule has 0 aliphatic carbocycles. The van der Waals surface area contributed by atoms with Gasteiger partial charge >= 0.3 is 0 Å². The molecule has 0 saturated carbocycles. The monoisotopic (exact) mass is 570 g/mol. The number of ether oxygens (including phenoxy) is 2. The van der Waals surface area contributed by atoms with E-state index in [9.17, 15) is 23.4 Å². The first-order valence-corrected chi connectivity index (χ1v) is 14.5. The van der Waals surface area contributed by atoms with Gasteiger partial charge in [-0.3, -0.25) is 4.79 Å². The molecule has 3 aromatic carbocycles. The van der Waals surface area contributed by atoms with Gasteiger partial charge in [0.05, 0.1) is 37.7 Å². The van der Waals surface area contributed by atoms with Crippen molar-refractivity contribution in [2.24, 2.45) is 5.92 Å². The number of carbonyl (C=O) groups is 1. The average molecular weight is 571 g/mol. The highest BCUT2D eigenvalue weighted by Gasteiger charge is 2.31. The lowest BCUT2D eigenvalue weighted by molar-refractivity contribution is -0.122. The smallest absolute Gasteiger partial charge is 0.243 e. The van der Waals surface area contributed by atoms with Gasteiger partial charge in [-0.2, -0.15) is 4.31 Å². The molecule has 0 heterocycles. The first kappa shape index (κ1) is 30.9. The third-order valence-electron chi connectivity index (χ3n) is 6.37. The van der Waals surface area contributed by atoms with E-state index in [1.54, 1.807) is 24.3 Å². The van der Waals surface area contributed by atoms with Crippen molar-refractivity contribution in [2.75, 3.05) is 27.3 Å². The lowest BCUT2D eigenvalue weighted by Gasteiger charge is -2.31. The topological polar surface area (TPSA) is 125 Å². The molecule has 0 spiro atoms. The summed E-state index contributed by atoms with van der Waals surface area (Å²) < 4.78 is 38.6. The maximum atomic E-state index is 13.6. The number of methoxy groups -OCH3 is 2. The predicted molar refractivity (Wildman–Crippen MR) is 153 cm³/mol. The molecule has 0 aliphatic rings. The number of phenols is 1. The molecule has 40 heavy (non-hydrogen) atoms. The van der Waals surface area contributed by atoms with E-state index in [0.717, 1.165) is 5.56 Å². The van der Waals surface area contributed by atoms with Gasteiger partial charge < -0.3 is 25.0 Å². The molecule has 3 aromatic rings. The lowest BCUT2D eigenvalue weighted by atomic mass is 10.00. The summed E-state index contributed by atoms with van der Waals surface area (Å²) >= 11 is 0. The Morgan fingerprint density at radius 1 is 0.925 bits per heavy atom. The van der Waals surface area contributed by atoms with Crippen molar-refractivity contribution < 1.29 is 32.9 Å². The Morgan fingerprint density at radius 3 is 2.17 bits per heavy atom. The summed E-state index contributed by atoms with van der Waals surface area (Å²) in [7, 11) is -1.00. The van der Waals surface area contributed by atoms with E-state index in [-0.39, 0.29) is 42.0 Å². The fraction of sp³-hybridized carbons (Fsp3) is 0.367. The normalized spacial score (nSPS) is 13.2. The van der Waals surface area contributed by atoms with E-state index in [0.29, 0.717) is 23.5 Å². The molecule has 3 rings (SSSR count). The number of aliphatic hydroxyl groups excluding tert-OH is 1. The van der Waals surface area contributed by atoms with Gasteiger partial charge in [0.25, 0.3) is 0 Å². The van der Waals surface area contributed by atoms with Gasteiger partial charge in [-0.1, -0.05) is 50.2 Å². The minimum Gasteiger partial charge on any atom is -0.504 e. The summed E-state index contributed by atoms with van der Waals surface area (Å²) in [4.78, 5) is 13.1. The molecule has 0 saturated heterocycles. The van der Waals surface area contributed by atoms with Crippen LogP contribution >= 0.6 is 0 Å². The third kappa shape index (κ3) is 8.45. The number of sulfonamides is 1. The van der Waals surface area contributed by atoms with Crippen molar-refractivity contribution >= 4 is 15.9 Å². The molecule has 1 amide bonds. The number of benzene rings is 3. The molecule has 10 heteroatoms. The van der Waals surface area contributed by atoms with Gasteiger partial charge in [-0.25, -0.2) is 8.42 Å². The second kappa shape index (κ2) is 14.2. The van der Waals surface area contributed by atoms with Gasteiger partial charge in [-0.15, -0.1) is 0 Å². The first-order chi connectivity index (χ1) is 19.0. The van der Waals surface area contributed by atoms with E-state index in [4.69, 9.17) is 9.47 Å². The van der Waals surface area contributed by atoms with Crippen LogP contribution in [0.1, 0.15) is 25.0 Å². The Bertz CT molecular complexity index is 1350. The maximum Gasteiger partial charge on any atom is 0.243 e. The van der Waals surface area contributed by atoms with Crippen LogP contribution in [0, 0.1) is 5.92 Å². The zero-order valence-electron chi connectivity index (χ0n) is 23.3. The van der Waals surface area contributed by atoms with Crippen molar-refractivity contribution in [3.05, 3.63) is 83.9 Å². The fourth-order valence-corrected chi connectivity index (χ4v) is 5.97. The van der Waals surface area contributed by atoms with Crippen molar-refractivity contribution in [3.63, 3.8) is 0 Å². The Kier molecular flexibility index (Phi) is 10.9. The van der Waals surface area contributed by atoms with Crippen LogP contribution in [0.4, 0.5) is 0 Å². The standard InChI is InChI=1S/C30H38N2O7S/c1-21(2)19-32(40(36,37)25-13-11-24(38-3)12-14-25)20-28(34)26(16-22-8-6-5-7-9-22)31-30(35)18-23-10-15-29(39-4)27(33)17-23/h5-15,17,21,26,28,33-34H,16,18-20H2,1-4H3,(H,31,35)/t26-,28+/m0/s1. The molecule has 0 aliphatic heterocycles. The van der Waals surface area contributed by atoms with Crippen molar-refractivity contribution in [3.8, 4) is 17.2 Å². The van der Waals surface area contributed by atoms with Crippen LogP contribution in [0.25, 0.3) is 0 Å². The molecule has 0 radical (unpaired) electrons. The number of carbonyl (C=O) groups excluding carboxylic acids is 1. The van der Waals surface area contributed by atoms with E-state index >= 15 is 0 Å². The predicted octanol–water partition coefficient (Wildman–Crippen LogP) is 3.39. The second-order valence-electron chi connectivity index (χ2n) is 10.0. The largest absolute Gasteiger partial charge is 0.504 e. The number of hydrogen-bond donors (Lipinski definition) is 3. The molecule has 0 unspecified atom stereocenters. The number of rotatable bonds is 14. The van der Waals surface area contributed by atoms with Crippen LogP contribution in [0.2, 0.25) is 0 Å². The average Bonchev–Trinajstić information content (AvgIpc) is 2.92. The summed E-state index contributed by atoms with van der Waals surface area (Å²) in [5.41, 5.74) is 1.44. The van der Waals surface area contributed by atoms with E-state index in [1.165, 1.54) is 36.7 Å². The van der Waals surface area contributed by atoms with Crippen molar-refractivity contribution in [2.45, 2.75) is 43.7 Å². The summed E-state index contributed by atoms with van der Waals surface area (Å²) in [6, 6.07) is 19.4. The molecule has 0 aromatic heterocycles. The zero-order chi connectivity index (χ0) is 29.3. The Balaban J connectivity index is 1.83. The Labute approximate surface area is 236 Å². The highest BCUT2D eigenvalue weighted by molar-refractivity contribution is 7.89. The molecular formula is C30H38N2O7S. The van der Waals surface area contributed by atoms with E-state index in [2.05, 4.69) is 5.32 Å². The summed E-state index contributed by atoms with van der Waals surface area (Å²) in [6.07, 6.45) is -0.963. The van der Waals surface area contributed by atoms with Crippen LogP contribution in [-0.4, -0.2) is 68.3 Å². The minimum absolute atomic E-state index is 0.00913.